The van der Waals surface area contributed by atoms with Gasteiger partial charge < -0.3 is 10.2 Å². The van der Waals surface area contributed by atoms with Gasteiger partial charge in [0.15, 0.2) is 0 Å². The molecule has 142 valence electrons. The molecule has 0 unspecified atom stereocenters. The lowest BCUT2D eigenvalue weighted by Crippen LogP contribution is -2.41. The molecule has 0 spiro atoms. The molecule has 3 aliphatic rings. The number of rotatable bonds is 3. The summed E-state index contributed by atoms with van der Waals surface area (Å²) in [4.78, 5) is 17.4. The van der Waals surface area contributed by atoms with Gasteiger partial charge in [0.05, 0.1) is 0 Å². The quantitative estimate of drug-likeness (QED) is 0.817. The summed E-state index contributed by atoms with van der Waals surface area (Å²) < 4.78 is 0. The van der Waals surface area contributed by atoms with Crippen molar-refractivity contribution < 1.29 is 4.79 Å². The fraction of sp³-hybridized carbons (Fsp3) is 0.944. The molecule has 0 bridgehead atoms. The lowest BCUT2D eigenvalue weighted by molar-refractivity contribution is -0.132. The van der Waals surface area contributed by atoms with Gasteiger partial charge in [0, 0.05) is 38.6 Å². The van der Waals surface area contributed by atoms with Crippen LogP contribution in [0, 0.1) is 5.92 Å². The number of hydrogen-bond acceptors (Lipinski definition) is 3. The summed E-state index contributed by atoms with van der Waals surface area (Å²) in [5, 5.41) is 3.39. The van der Waals surface area contributed by atoms with Gasteiger partial charge in [-0.05, 0) is 51.1 Å². The zero-order valence-corrected chi connectivity index (χ0v) is 16.5. The molecular weight excluding hydrogens is 345 g/mol. The van der Waals surface area contributed by atoms with E-state index in [-0.39, 0.29) is 24.8 Å². The SMILES string of the molecule is Cl.Cl.O=C(CC1CCNCC1)N1CCCN(C2CCCCC2)CC1. The Labute approximate surface area is 159 Å². The topological polar surface area (TPSA) is 35.6 Å². The van der Waals surface area contributed by atoms with Crippen LogP contribution in [0.4, 0.5) is 0 Å². The third-order valence-electron chi connectivity index (χ3n) is 5.90. The largest absolute Gasteiger partial charge is 0.341 e. The van der Waals surface area contributed by atoms with Gasteiger partial charge >= 0.3 is 0 Å². The van der Waals surface area contributed by atoms with Crippen molar-refractivity contribution in [2.24, 2.45) is 5.92 Å². The number of nitrogens with zero attached hydrogens (tertiary/aromatic N) is 2. The number of carbonyl (C=O) groups is 1. The number of piperidine rings is 1. The lowest BCUT2D eigenvalue weighted by Gasteiger charge is -2.33. The Morgan fingerprint density at radius 3 is 2.25 bits per heavy atom. The first-order valence-electron chi connectivity index (χ1n) is 9.55. The van der Waals surface area contributed by atoms with Gasteiger partial charge in [-0.2, -0.15) is 0 Å². The molecule has 6 heteroatoms. The molecular formula is C18H35Cl2N3O. The summed E-state index contributed by atoms with van der Waals surface area (Å²) in [5.41, 5.74) is 0. The van der Waals surface area contributed by atoms with Crippen molar-refractivity contribution in [2.45, 2.75) is 63.8 Å². The highest BCUT2D eigenvalue weighted by Gasteiger charge is 2.26. The number of carbonyl (C=O) groups excluding carboxylic acids is 1. The first kappa shape index (κ1) is 22.0. The molecule has 1 N–H and O–H groups in total. The van der Waals surface area contributed by atoms with E-state index in [2.05, 4.69) is 15.1 Å². The van der Waals surface area contributed by atoms with Crippen molar-refractivity contribution in [1.29, 1.82) is 0 Å². The smallest absolute Gasteiger partial charge is 0.222 e. The van der Waals surface area contributed by atoms with Crippen LogP contribution < -0.4 is 5.32 Å². The maximum atomic E-state index is 12.6. The molecule has 0 aromatic heterocycles. The Kier molecular flexibility index (Phi) is 10.6. The standard InChI is InChI=1S/C18H33N3O.2ClH/c22-18(15-16-7-9-19-10-8-16)21-12-4-11-20(13-14-21)17-5-2-1-3-6-17;;/h16-17,19H,1-15H2;2*1H. The molecule has 2 saturated heterocycles. The minimum absolute atomic E-state index is 0. The van der Waals surface area contributed by atoms with Gasteiger partial charge in [-0.15, -0.1) is 24.8 Å². The lowest BCUT2D eigenvalue weighted by atomic mass is 9.94. The first-order chi connectivity index (χ1) is 10.8. The van der Waals surface area contributed by atoms with Crippen LogP contribution in [0.1, 0.15) is 57.8 Å². The average molecular weight is 380 g/mol. The molecule has 24 heavy (non-hydrogen) atoms. The van der Waals surface area contributed by atoms with E-state index in [1.165, 1.54) is 51.5 Å². The molecule has 0 aromatic carbocycles. The van der Waals surface area contributed by atoms with Crippen LogP contribution in [0.25, 0.3) is 0 Å². The monoisotopic (exact) mass is 379 g/mol. The highest BCUT2D eigenvalue weighted by atomic mass is 35.5. The maximum absolute atomic E-state index is 12.6. The molecule has 1 saturated carbocycles. The van der Waals surface area contributed by atoms with Gasteiger partial charge in [-0.3, -0.25) is 9.69 Å². The van der Waals surface area contributed by atoms with E-state index in [9.17, 15) is 4.79 Å². The van der Waals surface area contributed by atoms with Crippen molar-refractivity contribution in [3.05, 3.63) is 0 Å². The zero-order valence-electron chi connectivity index (χ0n) is 14.9. The van der Waals surface area contributed by atoms with Crippen LogP contribution in [0.3, 0.4) is 0 Å². The molecule has 2 aliphatic heterocycles. The summed E-state index contributed by atoms with van der Waals surface area (Å²) in [7, 11) is 0. The Bertz CT molecular complexity index is 358. The molecule has 1 amide bonds. The molecule has 0 radical (unpaired) electrons. The average Bonchev–Trinajstić information content (AvgIpc) is 2.83. The fourth-order valence-corrected chi connectivity index (χ4v) is 4.46. The normalized spacial score (nSPS) is 24.6. The third kappa shape index (κ3) is 6.36. The molecule has 3 rings (SSSR count). The van der Waals surface area contributed by atoms with Crippen LogP contribution in [-0.2, 0) is 4.79 Å². The highest BCUT2D eigenvalue weighted by molar-refractivity contribution is 5.85. The first-order valence-corrected chi connectivity index (χ1v) is 9.55. The van der Waals surface area contributed by atoms with Crippen LogP contribution >= 0.6 is 24.8 Å². The Morgan fingerprint density at radius 1 is 0.833 bits per heavy atom. The summed E-state index contributed by atoms with van der Waals surface area (Å²) in [6, 6.07) is 0.799. The molecule has 0 atom stereocenters. The summed E-state index contributed by atoms with van der Waals surface area (Å²) in [6.45, 7) is 6.42. The molecule has 2 heterocycles. The number of halogens is 2. The van der Waals surface area contributed by atoms with Crippen molar-refractivity contribution in [2.75, 3.05) is 39.3 Å². The Hall–Kier alpha value is -0.0300. The molecule has 1 aliphatic carbocycles. The third-order valence-corrected chi connectivity index (χ3v) is 5.90. The van der Waals surface area contributed by atoms with Crippen molar-refractivity contribution in [3.8, 4) is 0 Å². The maximum Gasteiger partial charge on any atom is 0.222 e. The minimum atomic E-state index is 0. The number of hydrogen-bond donors (Lipinski definition) is 1. The Morgan fingerprint density at radius 2 is 1.54 bits per heavy atom. The van der Waals surface area contributed by atoms with Crippen LogP contribution in [0.5, 0.6) is 0 Å². The van der Waals surface area contributed by atoms with Crippen LogP contribution in [-0.4, -0.2) is 61.0 Å². The van der Waals surface area contributed by atoms with Gasteiger partial charge in [-0.25, -0.2) is 0 Å². The number of amides is 1. The van der Waals surface area contributed by atoms with E-state index in [1.54, 1.807) is 0 Å². The van der Waals surface area contributed by atoms with E-state index in [1.807, 2.05) is 0 Å². The highest BCUT2D eigenvalue weighted by Crippen LogP contribution is 2.24. The predicted molar refractivity (Wildman–Crippen MR) is 104 cm³/mol. The second-order valence-electron chi connectivity index (χ2n) is 7.46. The summed E-state index contributed by atoms with van der Waals surface area (Å²) in [5.74, 6) is 1.03. The van der Waals surface area contributed by atoms with Crippen LogP contribution in [0.2, 0.25) is 0 Å². The van der Waals surface area contributed by atoms with E-state index in [0.29, 0.717) is 11.8 Å². The van der Waals surface area contributed by atoms with Crippen molar-refractivity contribution in [3.63, 3.8) is 0 Å². The van der Waals surface area contributed by atoms with E-state index in [0.717, 1.165) is 51.6 Å². The predicted octanol–water partition coefficient (Wildman–Crippen LogP) is 3.09. The van der Waals surface area contributed by atoms with Crippen molar-refractivity contribution in [1.82, 2.24) is 15.1 Å². The number of nitrogens with one attached hydrogen (secondary N) is 1. The Balaban J connectivity index is 0.00000144. The molecule has 4 nitrogen and oxygen atoms in total. The zero-order chi connectivity index (χ0) is 15.2. The minimum Gasteiger partial charge on any atom is -0.341 e. The van der Waals surface area contributed by atoms with Crippen LogP contribution in [0.15, 0.2) is 0 Å². The second-order valence-corrected chi connectivity index (χ2v) is 7.46. The fourth-order valence-electron chi connectivity index (χ4n) is 4.46. The van der Waals surface area contributed by atoms with Gasteiger partial charge in [0.2, 0.25) is 5.91 Å². The van der Waals surface area contributed by atoms with Gasteiger partial charge in [0.1, 0.15) is 0 Å². The molecule has 0 aromatic rings. The van der Waals surface area contributed by atoms with E-state index >= 15 is 0 Å². The van der Waals surface area contributed by atoms with Gasteiger partial charge in [0.25, 0.3) is 0 Å². The van der Waals surface area contributed by atoms with E-state index < -0.39 is 0 Å². The van der Waals surface area contributed by atoms with Crippen molar-refractivity contribution >= 4 is 30.7 Å². The molecule has 3 fully saturated rings. The summed E-state index contributed by atoms with van der Waals surface area (Å²) >= 11 is 0. The van der Waals surface area contributed by atoms with E-state index in [4.69, 9.17) is 0 Å². The summed E-state index contributed by atoms with van der Waals surface area (Å²) in [6.07, 6.45) is 11.3. The second kappa shape index (κ2) is 11.6. The van der Waals surface area contributed by atoms with Gasteiger partial charge in [-0.1, -0.05) is 19.3 Å².